The molecule has 0 saturated carbocycles. The van der Waals surface area contributed by atoms with Crippen molar-refractivity contribution in [1.82, 2.24) is 10.3 Å². The number of hydrogen-bond acceptors (Lipinski definition) is 2. The van der Waals surface area contributed by atoms with Gasteiger partial charge in [0.2, 0.25) is 0 Å². The minimum absolute atomic E-state index is 0.993. The lowest BCUT2D eigenvalue weighted by atomic mass is 9.90. The van der Waals surface area contributed by atoms with E-state index in [0.717, 1.165) is 43.6 Å². The van der Waals surface area contributed by atoms with Crippen LogP contribution in [0.1, 0.15) is 59.7 Å². The summed E-state index contributed by atoms with van der Waals surface area (Å²) in [6, 6.07) is 9.08. The van der Waals surface area contributed by atoms with E-state index in [1.54, 1.807) is 0 Å². The van der Waals surface area contributed by atoms with Crippen LogP contribution in [-0.4, -0.2) is 11.5 Å². The molecule has 0 saturated heterocycles. The van der Waals surface area contributed by atoms with Crippen molar-refractivity contribution in [2.24, 2.45) is 0 Å². The summed E-state index contributed by atoms with van der Waals surface area (Å²) in [4.78, 5) is 4.72. The predicted molar refractivity (Wildman–Crippen MR) is 120 cm³/mol. The summed E-state index contributed by atoms with van der Waals surface area (Å²) in [5, 5.41) is 3.42. The second kappa shape index (κ2) is 8.02. The second-order valence-electron chi connectivity index (χ2n) is 7.58. The third-order valence-corrected chi connectivity index (χ3v) is 5.70. The first-order valence-corrected chi connectivity index (χ1v) is 10.2. The van der Waals surface area contributed by atoms with Gasteiger partial charge in [-0.15, -0.1) is 0 Å². The van der Waals surface area contributed by atoms with Gasteiger partial charge in [-0.05, 0) is 67.9 Å². The van der Waals surface area contributed by atoms with Crippen molar-refractivity contribution < 1.29 is 0 Å². The maximum atomic E-state index is 4.72. The molecule has 0 radical (unpaired) electrons. The number of nitrogens with one attached hydrogen (secondary N) is 1. The Hall–Kier alpha value is -2.87. The van der Waals surface area contributed by atoms with Gasteiger partial charge in [-0.1, -0.05) is 49.1 Å². The lowest BCUT2D eigenvalue weighted by molar-refractivity contribution is 0.783. The molecule has 1 aliphatic heterocycles. The van der Waals surface area contributed by atoms with Crippen LogP contribution in [0.3, 0.4) is 0 Å². The molecule has 0 bridgehead atoms. The Morgan fingerprint density at radius 3 is 2.89 bits per heavy atom. The van der Waals surface area contributed by atoms with Gasteiger partial charge in [0.25, 0.3) is 0 Å². The van der Waals surface area contributed by atoms with Crippen LogP contribution in [0, 0.1) is 6.92 Å². The van der Waals surface area contributed by atoms with Crippen LogP contribution in [0.25, 0.3) is 16.8 Å². The van der Waals surface area contributed by atoms with E-state index < -0.39 is 0 Å². The van der Waals surface area contributed by atoms with E-state index in [4.69, 9.17) is 4.98 Å². The molecule has 2 heteroatoms. The summed E-state index contributed by atoms with van der Waals surface area (Å²) in [7, 11) is 0. The van der Waals surface area contributed by atoms with E-state index in [0.29, 0.717) is 0 Å². The Balaban J connectivity index is 1.76. The number of aromatic nitrogens is 1. The molecule has 2 heterocycles. The molecule has 2 aromatic rings. The molecule has 0 amide bonds. The van der Waals surface area contributed by atoms with E-state index in [-0.39, 0.29) is 0 Å². The maximum Gasteiger partial charge on any atom is 0.0451 e. The quantitative estimate of drug-likeness (QED) is 0.710. The van der Waals surface area contributed by atoms with Gasteiger partial charge in [-0.3, -0.25) is 4.98 Å². The van der Waals surface area contributed by atoms with Crippen LogP contribution in [0.4, 0.5) is 0 Å². The van der Waals surface area contributed by atoms with Gasteiger partial charge in [-0.2, -0.15) is 0 Å². The first-order valence-electron chi connectivity index (χ1n) is 10.2. The zero-order valence-corrected chi connectivity index (χ0v) is 16.9. The Kier molecular flexibility index (Phi) is 5.29. The van der Waals surface area contributed by atoms with Crippen LogP contribution in [0.15, 0.2) is 61.3 Å². The van der Waals surface area contributed by atoms with Crippen LogP contribution in [-0.2, 0) is 6.42 Å². The smallest absolute Gasteiger partial charge is 0.0451 e. The number of pyridine rings is 1. The fraction of sp³-hybridized carbons (Fsp3) is 0.269. The highest BCUT2D eigenvalue weighted by Gasteiger charge is 2.15. The van der Waals surface area contributed by atoms with Crippen LogP contribution < -0.4 is 5.32 Å². The highest BCUT2D eigenvalue weighted by Crippen LogP contribution is 2.32. The summed E-state index contributed by atoms with van der Waals surface area (Å²) < 4.78 is 0. The molecule has 1 aromatic carbocycles. The maximum absolute atomic E-state index is 4.72. The molecule has 4 rings (SSSR count). The molecule has 0 fully saturated rings. The van der Waals surface area contributed by atoms with Crippen molar-refractivity contribution in [3.63, 3.8) is 0 Å². The Labute approximate surface area is 168 Å². The Morgan fingerprint density at radius 1 is 1.21 bits per heavy atom. The molecule has 1 N–H and O–H groups in total. The topological polar surface area (TPSA) is 24.9 Å². The van der Waals surface area contributed by atoms with Crippen molar-refractivity contribution in [3.05, 3.63) is 94.9 Å². The van der Waals surface area contributed by atoms with E-state index in [2.05, 4.69) is 74.3 Å². The minimum atomic E-state index is 0.993. The number of rotatable bonds is 3. The van der Waals surface area contributed by atoms with E-state index in [1.165, 1.54) is 39.0 Å². The number of fused-ring (bicyclic) bond motifs is 1. The summed E-state index contributed by atoms with van der Waals surface area (Å²) in [5.74, 6) is 0. The molecule has 28 heavy (non-hydrogen) atoms. The second-order valence-corrected chi connectivity index (χ2v) is 7.58. The molecule has 0 spiro atoms. The van der Waals surface area contributed by atoms with Gasteiger partial charge < -0.3 is 5.32 Å². The largest absolute Gasteiger partial charge is 0.385 e. The first-order chi connectivity index (χ1) is 13.7. The lowest BCUT2D eigenvalue weighted by Gasteiger charge is -2.16. The van der Waals surface area contributed by atoms with Gasteiger partial charge in [0.15, 0.2) is 0 Å². The minimum Gasteiger partial charge on any atom is -0.385 e. The molecule has 2 aliphatic rings. The van der Waals surface area contributed by atoms with E-state index in [9.17, 15) is 0 Å². The van der Waals surface area contributed by atoms with Gasteiger partial charge in [0.1, 0.15) is 0 Å². The monoisotopic (exact) mass is 368 g/mol. The average Bonchev–Trinajstić information content (AvgIpc) is 2.92. The molecule has 1 aromatic heterocycles. The molecular formula is C26H28N2. The van der Waals surface area contributed by atoms with Crippen molar-refractivity contribution in [2.75, 3.05) is 6.54 Å². The lowest BCUT2D eigenvalue weighted by Crippen LogP contribution is -2.10. The number of hydrogen-bond donors (Lipinski definition) is 1. The van der Waals surface area contributed by atoms with Gasteiger partial charge >= 0.3 is 0 Å². The third kappa shape index (κ3) is 3.60. The zero-order valence-electron chi connectivity index (χ0n) is 16.9. The van der Waals surface area contributed by atoms with Crippen molar-refractivity contribution in [2.45, 2.75) is 39.5 Å². The van der Waals surface area contributed by atoms with Gasteiger partial charge in [-0.25, -0.2) is 0 Å². The normalized spacial score (nSPS) is 16.9. The summed E-state index contributed by atoms with van der Waals surface area (Å²) in [5.41, 5.74) is 10.9. The summed E-state index contributed by atoms with van der Waals surface area (Å²) >= 11 is 0. The predicted octanol–water partition coefficient (Wildman–Crippen LogP) is 6.08. The summed E-state index contributed by atoms with van der Waals surface area (Å²) in [6.07, 6.45) is 15.4. The van der Waals surface area contributed by atoms with Crippen LogP contribution in [0.5, 0.6) is 0 Å². The Morgan fingerprint density at radius 2 is 2.11 bits per heavy atom. The molecule has 0 unspecified atom stereocenters. The number of aryl methyl sites for hydroxylation is 2. The fourth-order valence-corrected chi connectivity index (χ4v) is 4.14. The number of nitrogens with zero attached hydrogens (tertiary/aromatic N) is 1. The number of benzene rings is 1. The SMILES string of the molecule is C=C1NCCCc2cc(/C(=C/C)c3cc(C4=CCCC=C4)cnc3C)ccc21. The van der Waals surface area contributed by atoms with E-state index >= 15 is 0 Å². The van der Waals surface area contributed by atoms with Gasteiger partial charge in [0, 0.05) is 40.8 Å². The Bertz CT molecular complexity index is 1010. The fourth-order valence-electron chi connectivity index (χ4n) is 4.14. The molecule has 142 valence electrons. The third-order valence-electron chi connectivity index (χ3n) is 5.70. The van der Waals surface area contributed by atoms with Crippen molar-refractivity contribution in [3.8, 4) is 0 Å². The van der Waals surface area contributed by atoms with E-state index in [1.807, 2.05) is 6.20 Å². The zero-order chi connectivity index (χ0) is 19.5. The standard InChI is InChI=1S/C26H28N2/c1-4-24(22-12-13-25-18(2)27-14-8-11-21(25)15-22)26-16-23(17-28-19(26)3)20-9-6-5-7-10-20/h4,6,9-10,12-13,15-17,27H,2,5,7-8,11,14H2,1,3H3/b24-4-. The van der Waals surface area contributed by atoms with Crippen LogP contribution in [0.2, 0.25) is 0 Å². The highest BCUT2D eigenvalue weighted by atomic mass is 14.9. The first kappa shape index (κ1) is 18.5. The molecule has 0 atom stereocenters. The van der Waals surface area contributed by atoms with Crippen LogP contribution >= 0.6 is 0 Å². The van der Waals surface area contributed by atoms with Crippen molar-refractivity contribution >= 4 is 16.8 Å². The van der Waals surface area contributed by atoms with Gasteiger partial charge in [0.05, 0.1) is 0 Å². The molecule has 1 aliphatic carbocycles. The average molecular weight is 369 g/mol. The number of allylic oxidation sites excluding steroid dienone is 5. The van der Waals surface area contributed by atoms with Crippen molar-refractivity contribution in [1.29, 1.82) is 0 Å². The molecular weight excluding hydrogens is 340 g/mol. The molecule has 2 nitrogen and oxygen atoms in total. The summed E-state index contributed by atoms with van der Waals surface area (Å²) in [6.45, 7) is 9.41. The highest BCUT2D eigenvalue weighted by molar-refractivity contribution is 5.84.